The zero-order valence-electron chi connectivity index (χ0n) is 13.4. The molecule has 2 heteroatoms. The van der Waals surface area contributed by atoms with E-state index in [4.69, 9.17) is 10.5 Å². The second-order valence-corrected chi connectivity index (χ2v) is 5.36. The fraction of sp³-hybridized carbons (Fsp3) is 0.300. The predicted molar refractivity (Wildman–Crippen MR) is 93.1 cm³/mol. The van der Waals surface area contributed by atoms with E-state index < -0.39 is 0 Å². The lowest BCUT2D eigenvalue weighted by Gasteiger charge is -2.02. The Morgan fingerprint density at radius 2 is 1.77 bits per heavy atom. The zero-order valence-corrected chi connectivity index (χ0v) is 13.4. The van der Waals surface area contributed by atoms with E-state index in [-0.39, 0.29) is 0 Å². The highest BCUT2D eigenvalue weighted by molar-refractivity contribution is 5.60. The third kappa shape index (κ3) is 4.56. The minimum Gasteiger partial charge on any atom is -0.497 e. The van der Waals surface area contributed by atoms with E-state index >= 15 is 0 Å². The van der Waals surface area contributed by atoms with Gasteiger partial charge < -0.3 is 10.5 Å². The SMILES string of the molecule is CCCCCc1ccc(C#Cc2ccc(OC)cc2N)cc1. The van der Waals surface area contributed by atoms with Crippen LogP contribution in [0, 0.1) is 11.8 Å². The molecular formula is C20H23NO. The first-order valence-electron chi connectivity index (χ1n) is 7.77. The summed E-state index contributed by atoms with van der Waals surface area (Å²) >= 11 is 0. The van der Waals surface area contributed by atoms with Gasteiger partial charge in [-0.2, -0.15) is 0 Å². The van der Waals surface area contributed by atoms with Crippen molar-refractivity contribution >= 4 is 5.69 Å². The summed E-state index contributed by atoms with van der Waals surface area (Å²) in [5.74, 6) is 7.03. The first kappa shape index (κ1) is 16.0. The van der Waals surface area contributed by atoms with Crippen molar-refractivity contribution in [3.8, 4) is 17.6 Å². The lowest BCUT2D eigenvalue weighted by Crippen LogP contribution is -1.92. The van der Waals surface area contributed by atoms with Crippen LogP contribution in [0.5, 0.6) is 5.75 Å². The van der Waals surface area contributed by atoms with Gasteiger partial charge in [0.15, 0.2) is 0 Å². The van der Waals surface area contributed by atoms with Crippen molar-refractivity contribution in [2.45, 2.75) is 32.6 Å². The summed E-state index contributed by atoms with van der Waals surface area (Å²) in [4.78, 5) is 0. The number of anilines is 1. The highest BCUT2D eigenvalue weighted by Crippen LogP contribution is 2.18. The summed E-state index contributed by atoms with van der Waals surface area (Å²) in [7, 11) is 1.63. The molecule has 0 bridgehead atoms. The van der Waals surface area contributed by atoms with Gasteiger partial charge in [0.05, 0.1) is 12.8 Å². The molecule has 0 atom stereocenters. The van der Waals surface area contributed by atoms with Crippen LogP contribution in [0.2, 0.25) is 0 Å². The van der Waals surface area contributed by atoms with Gasteiger partial charge in [0, 0.05) is 17.2 Å². The fourth-order valence-corrected chi connectivity index (χ4v) is 2.25. The maximum atomic E-state index is 5.97. The van der Waals surface area contributed by atoms with Crippen molar-refractivity contribution in [1.82, 2.24) is 0 Å². The largest absolute Gasteiger partial charge is 0.497 e. The van der Waals surface area contributed by atoms with Crippen LogP contribution in [-0.4, -0.2) is 7.11 Å². The summed E-state index contributed by atoms with van der Waals surface area (Å²) in [5.41, 5.74) is 9.83. The number of hydrogen-bond acceptors (Lipinski definition) is 2. The van der Waals surface area contributed by atoms with Crippen molar-refractivity contribution in [2.24, 2.45) is 0 Å². The molecule has 114 valence electrons. The van der Waals surface area contributed by atoms with Gasteiger partial charge in [-0.25, -0.2) is 0 Å². The molecule has 0 amide bonds. The number of unbranched alkanes of at least 4 members (excludes halogenated alkanes) is 2. The molecule has 2 nitrogen and oxygen atoms in total. The van der Waals surface area contributed by atoms with Gasteiger partial charge >= 0.3 is 0 Å². The molecule has 0 aliphatic rings. The number of benzene rings is 2. The minimum atomic E-state index is 0.642. The van der Waals surface area contributed by atoms with Crippen LogP contribution in [0.15, 0.2) is 42.5 Å². The molecule has 0 unspecified atom stereocenters. The van der Waals surface area contributed by atoms with E-state index in [2.05, 4.69) is 43.0 Å². The summed E-state index contributed by atoms with van der Waals surface area (Å²) in [5, 5.41) is 0. The van der Waals surface area contributed by atoms with E-state index in [9.17, 15) is 0 Å². The molecule has 0 aromatic heterocycles. The summed E-state index contributed by atoms with van der Waals surface area (Å²) < 4.78 is 5.14. The maximum absolute atomic E-state index is 5.97. The van der Waals surface area contributed by atoms with Crippen LogP contribution in [0.3, 0.4) is 0 Å². The van der Waals surface area contributed by atoms with Crippen LogP contribution in [-0.2, 0) is 6.42 Å². The van der Waals surface area contributed by atoms with Gasteiger partial charge in [-0.15, -0.1) is 0 Å². The highest BCUT2D eigenvalue weighted by atomic mass is 16.5. The van der Waals surface area contributed by atoms with Crippen molar-refractivity contribution in [3.05, 3.63) is 59.2 Å². The number of ether oxygens (including phenoxy) is 1. The van der Waals surface area contributed by atoms with E-state index in [1.54, 1.807) is 13.2 Å². The lowest BCUT2D eigenvalue weighted by molar-refractivity contribution is 0.415. The molecular weight excluding hydrogens is 270 g/mol. The molecule has 0 fully saturated rings. The molecule has 0 heterocycles. The molecule has 0 aliphatic heterocycles. The van der Waals surface area contributed by atoms with Crippen LogP contribution in [0.1, 0.15) is 42.9 Å². The second-order valence-electron chi connectivity index (χ2n) is 5.36. The van der Waals surface area contributed by atoms with E-state index in [0.717, 1.165) is 23.3 Å². The quantitative estimate of drug-likeness (QED) is 0.503. The van der Waals surface area contributed by atoms with Gasteiger partial charge in [-0.05, 0) is 42.7 Å². The maximum Gasteiger partial charge on any atom is 0.121 e. The van der Waals surface area contributed by atoms with Gasteiger partial charge in [0.25, 0.3) is 0 Å². The predicted octanol–water partition coefficient (Wildman–Crippen LogP) is 4.41. The molecule has 0 spiro atoms. The molecule has 2 aromatic rings. The van der Waals surface area contributed by atoms with Crippen LogP contribution >= 0.6 is 0 Å². The average molecular weight is 293 g/mol. The topological polar surface area (TPSA) is 35.2 Å². The minimum absolute atomic E-state index is 0.642. The first-order valence-corrected chi connectivity index (χ1v) is 7.77. The number of aryl methyl sites for hydroxylation is 1. The Labute approximate surface area is 133 Å². The Morgan fingerprint density at radius 3 is 2.41 bits per heavy atom. The summed E-state index contributed by atoms with van der Waals surface area (Å²) in [6.07, 6.45) is 4.95. The standard InChI is InChI=1S/C20H23NO/c1-3-4-5-6-16-7-9-17(10-8-16)11-12-18-13-14-19(22-2)15-20(18)21/h7-10,13-15H,3-6,21H2,1-2H3. The third-order valence-electron chi connectivity index (χ3n) is 3.62. The Hall–Kier alpha value is -2.40. The number of methoxy groups -OCH3 is 1. The molecule has 0 radical (unpaired) electrons. The lowest BCUT2D eigenvalue weighted by atomic mass is 10.1. The highest BCUT2D eigenvalue weighted by Gasteiger charge is 1.98. The Bertz CT molecular complexity index is 662. The Kier molecular flexibility index (Phi) is 5.91. The molecule has 22 heavy (non-hydrogen) atoms. The normalized spacial score (nSPS) is 9.91. The summed E-state index contributed by atoms with van der Waals surface area (Å²) in [6, 6.07) is 14.0. The van der Waals surface area contributed by atoms with Crippen molar-refractivity contribution in [2.75, 3.05) is 12.8 Å². The molecule has 2 rings (SSSR count). The first-order chi connectivity index (χ1) is 10.7. The van der Waals surface area contributed by atoms with Gasteiger partial charge in [0.1, 0.15) is 5.75 Å². The summed E-state index contributed by atoms with van der Waals surface area (Å²) in [6.45, 7) is 2.23. The van der Waals surface area contributed by atoms with E-state index in [0.29, 0.717) is 5.69 Å². The van der Waals surface area contributed by atoms with E-state index in [1.165, 1.54) is 24.8 Å². The number of hydrogen-bond donors (Lipinski definition) is 1. The fourth-order valence-electron chi connectivity index (χ4n) is 2.25. The van der Waals surface area contributed by atoms with E-state index in [1.807, 2.05) is 12.1 Å². The van der Waals surface area contributed by atoms with Gasteiger partial charge in [0.2, 0.25) is 0 Å². The third-order valence-corrected chi connectivity index (χ3v) is 3.62. The molecule has 0 saturated heterocycles. The second kappa shape index (κ2) is 8.14. The Balaban J connectivity index is 2.05. The Morgan fingerprint density at radius 1 is 1.00 bits per heavy atom. The van der Waals surface area contributed by atoms with Gasteiger partial charge in [-0.3, -0.25) is 0 Å². The molecule has 2 aromatic carbocycles. The van der Waals surface area contributed by atoms with Crippen molar-refractivity contribution in [3.63, 3.8) is 0 Å². The molecule has 0 aliphatic carbocycles. The van der Waals surface area contributed by atoms with Crippen LogP contribution in [0.4, 0.5) is 5.69 Å². The molecule has 0 saturated carbocycles. The molecule has 2 N–H and O–H groups in total. The van der Waals surface area contributed by atoms with Crippen molar-refractivity contribution < 1.29 is 4.74 Å². The monoisotopic (exact) mass is 293 g/mol. The number of nitrogens with two attached hydrogens (primary N) is 1. The number of rotatable bonds is 5. The van der Waals surface area contributed by atoms with Crippen LogP contribution < -0.4 is 10.5 Å². The zero-order chi connectivity index (χ0) is 15.8. The van der Waals surface area contributed by atoms with Crippen molar-refractivity contribution in [1.29, 1.82) is 0 Å². The number of nitrogen functional groups attached to an aromatic ring is 1. The smallest absolute Gasteiger partial charge is 0.121 e. The average Bonchev–Trinajstić information content (AvgIpc) is 2.55. The van der Waals surface area contributed by atoms with Crippen LogP contribution in [0.25, 0.3) is 0 Å². The van der Waals surface area contributed by atoms with Gasteiger partial charge in [-0.1, -0.05) is 43.7 Å².